The minimum absolute atomic E-state index is 0.338. The standard InChI is InChI=1S/C12H9BrClFN2/c13-11-2-1-9(14)4-12(11)17-6-8-3-10(15)7-16-5-8/h1-5,7,17H,6H2. The first-order valence-electron chi connectivity index (χ1n) is 4.93. The molecule has 0 aliphatic heterocycles. The number of aromatic nitrogens is 1. The Morgan fingerprint density at radius 1 is 1.29 bits per heavy atom. The van der Waals surface area contributed by atoms with Crippen LogP contribution < -0.4 is 5.32 Å². The van der Waals surface area contributed by atoms with E-state index in [9.17, 15) is 4.39 Å². The van der Waals surface area contributed by atoms with E-state index >= 15 is 0 Å². The molecule has 0 saturated carbocycles. The largest absolute Gasteiger partial charge is 0.380 e. The van der Waals surface area contributed by atoms with Crippen LogP contribution in [0.3, 0.4) is 0 Å². The van der Waals surface area contributed by atoms with E-state index in [1.807, 2.05) is 6.07 Å². The average molecular weight is 316 g/mol. The van der Waals surface area contributed by atoms with E-state index < -0.39 is 0 Å². The molecule has 2 nitrogen and oxygen atoms in total. The molecule has 1 aromatic heterocycles. The monoisotopic (exact) mass is 314 g/mol. The summed E-state index contributed by atoms with van der Waals surface area (Å²) in [5, 5.41) is 3.81. The lowest BCUT2D eigenvalue weighted by atomic mass is 10.2. The molecule has 88 valence electrons. The zero-order valence-corrected chi connectivity index (χ0v) is 11.1. The second-order valence-corrected chi connectivity index (χ2v) is 4.78. The van der Waals surface area contributed by atoms with Crippen molar-refractivity contribution < 1.29 is 4.39 Å². The van der Waals surface area contributed by atoms with Crippen LogP contribution in [0.15, 0.2) is 41.1 Å². The van der Waals surface area contributed by atoms with Gasteiger partial charge in [-0.2, -0.15) is 0 Å². The summed E-state index contributed by atoms with van der Waals surface area (Å²) in [5.74, 6) is -0.338. The van der Waals surface area contributed by atoms with E-state index in [4.69, 9.17) is 11.6 Å². The van der Waals surface area contributed by atoms with Crippen LogP contribution in [0.25, 0.3) is 0 Å². The fourth-order valence-corrected chi connectivity index (χ4v) is 1.94. The summed E-state index contributed by atoms with van der Waals surface area (Å²) in [4.78, 5) is 3.78. The van der Waals surface area contributed by atoms with Gasteiger partial charge in [-0.3, -0.25) is 4.98 Å². The fraction of sp³-hybridized carbons (Fsp3) is 0.0833. The third-order valence-corrected chi connectivity index (χ3v) is 3.10. The molecule has 0 saturated heterocycles. The van der Waals surface area contributed by atoms with E-state index in [2.05, 4.69) is 26.2 Å². The van der Waals surface area contributed by atoms with Crippen molar-refractivity contribution in [3.63, 3.8) is 0 Å². The normalized spacial score (nSPS) is 10.3. The molecule has 0 atom stereocenters. The Morgan fingerprint density at radius 3 is 2.88 bits per heavy atom. The molecule has 17 heavy (non-hydrogen) atoms. The molecule has 0 fully saturated rings. The van der Waals surface area contributed by atoms with E-state index in [1.165, 1.54) is 12.3 Å². The molecule has 1 N–H and O–H groups in total. The maximum atomic E-state index is 12.9. The molecule has 2 aromatic rings. The Bertz CT molecular complexity index is 534. The van der Waals surface area contributed by atoms with Gasteiger partial charge in [0.2, 0.25) is 0 Å². The van der Waals surface area contributed by atoms with Crippen LogP contribution in [0.2, 0.25) is 5.02 Å². The topological polar surface area (TPSA) is 24.9 Å². The zero-order valence-electron chi connectivity index (χ0n) is 8.75. The van der Waals surface area contributed by atoms with Gasteiger partial charge < -0.3 is 5.32 Å². The quantitative estimate of drug-likeness (QED) is 0.916. The van der Waals surface area contributed by atoms with Crippen LogP contribution in [-0.2, 0) is 6.54 Å². The van der Waals surface area contributed by atoms with Crippen LogP contribution in [0.4, 0.5) is 10.1 Å². The molecule has 0 bridgehead atoms. The Balaban J connectivity index is 2.09. The fourth-order valence-electron chi connectivity index (χ4n) is 1.38. The first-order valence-corrected chi connectivity index (χ1v) is 6.10. The summed E-state index contributed by atoms with van der Waals surface area (Å²) < 4.78 is 13.8. The van der Waals surface area contributed by atoms with Crippen molar-refractivity contribution in [1.29, 1.82) is 0 Å². The van der Waals surface area contributed by atoms with Crippen LogP contribution >= 0.6 is 27.5 Å². The molecule has 0 aliphatic rings. The van der Waals surface area contributed by atoms with Gasteiger partial charge in [-0.1, -0.05) is 11.6 Å². The van der Waals surface area contributed by atoms with Gasteiger partial charge in [-0.15, -0.1) is 0 Å². The van der Waals surface area contributed by atoms with Crippen molar-refractivity contribution in [2.75, 3.05) is 5.32 Å². The third-order valence-electron chi connectivity index (χ3n) is 2.17. The van der Waals surface area contributed by atoms with Crippen LogP contribution in [0.1, 0.15) is 5.56 Å². The highest BCUT2D eigenvalue weighted by Gasteiger charge is 2.01. The smallest absolute Gasteiger partial charge is 0.141 e. The van der Waals surface area contributed by atoms with Gasteiger partial charge in [-0.25, -0.2) is 4.39 Å². The molecule has 1 heterocycles. The molecule has 0 unspecified atom stereocenters. The zero-order chi connectivity index (χ0) is 12.3. The lowest BCUT2D eigenvalue weighted by Gasteiger charge is -2.08. The SMILES string of the molecule is Fc1cncc(CNc2cc(Cl)ccc2Br)c1. The number of hydrogen-bond donors (Lipinski definition) is 1. The van der Waals surface area contributed by atoms with Gasteiger partial charge in [0, 0.05) is 22.2 Å². The molecule has 5 heteroatoms. The minimum Gasteiger partial charge on any atom is -0.380 e. The molecular formula is C12H9BrClFN2. The number of hydrogen-bond acceptors (Lipinski definition) is 2. The second-order valence-electron chi connectivity index (χ2n) is 3.49. The molecular weight excluding hydrogens is 307 g/mol. The third kappa shape index (κ3) is 3.41. The minimum atomic E-state index is -0.338. The van der Waals surface area contributed by atoms with Gasteiger partial charge in [0.25, 0.3) is 0 Å². The van der Waals surface area contributed by atoms with Crippen molar-refractivity contribution >= 4 is 33.2 Å². The molecule has 0 aliphatic carbocycles. The van der Waals surface area contributed by atoms with E-state index in [1.54, 1.807) is 18.3 Å². The lowest BCUT2D eigenvalue weighted by Crippen LogP contribution is -2.01. The summed E-state index contributed by atoms with van der Waals surface area (Å²) in [7, 11) is 0. The predicted octanol–water partition coefficient (Wildman–Crippen LogP) is 4.25. The number of nitrogens with one attached hydrogen (secondary N) is 1. The Labute approximate surface area is 112 Å². The first kappa shape index (κ1) is 12.3. The number of nitrogens with zero attached hydrogens (tertiary/aromatic N) is 1. The summed E-state index contributed by atoms with van der Waals surface area (Å²) in [5.41, 5.74) is 1.64. The number of halogens is 3. The number of pyridine rings is 1. The van der Waals surface area contributed by atoms with Crippen molar-refractivity contribution in [3.8, 4) is 0 Å². The Hall–Kier alpha value is -1.13. The summed E-state index contributed by atoms with van der Waals surface area (Å²) >= 11 is 9.30. The van der Waals surface area contributed by atoms with Crippen LogP contribution in [0.5, 0.6) is 0 Å². The number of benzene rings is 1. The average Bonchev–Trinajstić information content (AvgIpc) is 2.30. The van der Waals surface area contributed by atoms with Gasteiger partial charge in [0.15, 0.2) is 0 Å². The highest BCUT2D eigenvalue weighted by atomic mass is 79.9. The maximum absolute atomic E-state index is 12.9. The second kappa shape index (κ2) is 5.47. The van der Waals surface area contributed by atoms with Crippen LogP contribution in [0, 0.1) is 5.82 Å². The molecule has 1 aromatic carbocycles. The van der Waals surface area contributed by atoms with Gasteiger partial charge in [-0.05, 0) is 45.8 Å². The predicted molar refractivity (Wildman–Crippen MR) is 70.7 cm³/mol. The molecule has 0 amide bonds. The lowest BCUT2D eigenvalue weighted by molar-refractivity contribution is 0.619. The van der Waals surface area contributed by atoms with Gasteiger partial charge in [0.05, 0.1) is 11.9 Å². The van der Waals surface area contributed by atoms with Gasteiger partial charge >= 0.3 is 0 Å². The van der Waals surface area contributed by atoms with E-state index in [0.717, 1.165) is 15.7 Å². The maximum Gasteiger partial charge on any atom is 0.141 e. The van der Waals surface area contributed by atoms with Crippen LogP contribution in [-0.4, -0.2) is 4.98 Å². The van der Waals surface area contributed by atoms with Crippen molar-refractivity contribution in [3.05, 3.63) is 57.5 Å². The Morgan fingerprint density at radius 2 is 2.12 bits per heavy atom. The van der Waals surface area contributed by atoms with Crippen molar-refractivity contribution in [2.45, 2.75) is 6.54 Å². The Kier molecular flexibility index (Phi) is 3.97. The number of rotatable bonds is 3. The van der Waals surface area contributed by atoms with Gasteiger partial charge in [0.1, 0.15) is 5.82 Å². The molecule has 2 rings (SSSR count). The number of anilines is 1. The van der Waals surface area contributed by atoms with Crippen molar-refractivity contribution in [1.82, 2.24) is 4.98 Å². The summed E-state index contributed by atoms with van der Waals surface area (Å²) in [6.45, 7) is 0.490. The summed E-state index contributed by atoms with van der Waals surface area (Å²) in [6, 6.07) is 6.89. The van der Waals surface area contributed by atoms with E-state index in [0.29, 0.717) is 11.6 Å². The highest BCUT2D eigenvalue weighted by Crippen LogP contribution is 2.26. The highest BCUT2D eigenvalue weighted by molar-refractivity contribution is 9.10. The van der Waals surface area contributed by atoms with E-state index in [-0.39, 0.29) is 5.82 Å². The van der Waals surface area contributed by atoms with Crippen molar-refractivity contribution in [2.24, 2.45) is 0 Å². The summed E-state index contributed by atoms with van der Waals surface area (Å²) in [6.07, 6.45) is 2.80. The first-order chi connectivity index (χ1) is 8.15. The molecule has 0 radical (unpaired) electrons. The molecule has 0 spiro atoms.